The van der Waals surface area contributed by atoms with Crippen LogP contribution in [0.15, 0.2) is 164 Å². The number of benzene rings is 6. The van der Waals surface area contributed by atoms with Crippen molar-refractivity contribution in [3.8, 4) is 28.3 Å². The predicted molar refractivity (Wildman–Crippen MR) is 197 cm³/mol. The number of fused-ring (bicyclic) bond motifs is 9. The van der Waals surface area contributed by atoms with Gasteiger partial charge in [0.2, 0.25) is 11.6 Å². The Morgan fingerprint density at radius 3 is 2.04 bits per heavy atom. The molecule has 6 aromatic carbocycles. The lowest BCUT2D eigenvalue weighted by molar-refractivity contribution is 1.06. The maximum Gasteiger partial charge on any atom is 0.220 e. The molecule has 0 bridgehead atoms. The fraction of sp³-hybridized carbons (Fsp3) is 0. The minimum absolute atomic E-state index is 0.871. The molecule has 0 N–H and O–H groups in total. The second kappa shape index (κ2) is 9.82. The molecule has 0 saturated carbocycles. The summed E-state index contributed by atoms with van der Waals surface area (Å²) in [6.45, 7) is 0. The van der Waals surface area contributed by atoms with E-state index in [1.807, 2.05) is 24.3 Å². The zero-order valence-electron chi connectivity index (χ0n) is 26.2. The smallest absolute Gasteiger partial charge is 0.220 e. The van der Waals surface area contributed by atoms with Gasteiger partial charge in [-0.2, -0.15) is 0 Å². The summed E-state index contributed by atoms with van der Waals surface area (Å²) in [5, 5.41) is 2.42. The molecular weight excluding hydrogens is 603 g/mol. The van der Waals surface area contributed by atoms with Crippen LogP contribution in [0.2, 0.25) is 0 Å². The molecule has 0 unspecified atom stereocenters. The lowest BCUT2D eigenvalue weighted by atomic mass is 10.1. The summed E-state index contributed by atoms with van der Waals surface area (Å²) >= 11 is 0. The van der Waals surface area contributed by atoms with Crippen molar-refractivity contribution in [3.63, 3.8) is 0 Å². The van der Waals surface area contributed by atoms with E-state index in [1.54, 1.807) is 0 Å². The highest BCUT2D eigenvalue weighted by atomic mass is 15.2. The summed E-state index contributed by atoms with van der Waals surface area (Å²) in [5.74, 6) is 1.77. The first-order valence-electron chi connectivity index (χ1n) is 16.4. The van der Waals surface area contributed by atoms with Crippen LogP contribution in [0.4, 0.5) is 0 Å². The first-order valence-corrected chi connectivity index (χ1v) is 16.4. The Hall–Kier alpha value is -6.86. The van der Waals surface area contributed by atoms with Crippen LogP contribution in [0.25, 0.3) is 83.7 Å². The molecule has 5 heterocycles. The molecule has 5 aromatic heterocycles. The summed E-state index contributed by atoms with van der Waals surface area (Å²) < 4.78 is 11.2. The minimum Gasteiger partial charge on any atom is -0.309 e. The van der Waals surface area contributed by atoms with Crippen molar-refractivity contribution in [1.82, 2.24) is 32.5 Å². The summed E-state index contributed by atoms with van der Waals surface area (Å²) in [6.07, 6.45) is 6.23. The first-order chi connectivity index (χ1) is 24.3. The SMILES string of the molecule is c1ccc(-c2cn3ccn(-c4cccc(-n5c6ccccc6c6ccc(-n7c8ccccc8n8c9ccccc9nc78)cc65)c4)c3n2)cc1. The van der Waals surface area contributed by atoms with Gasteiger partial charge in [-0.1, -0.05) is 84.9 Å². The zero-order valence-corrected chi connectivity index (χ0v) is 26.2. The Labute approximate surface area is 279 Å². The average Bonchev–Trinajstić information content (AvgIpc) is 3.96. The second-order valence-corrected chi connectivity index (χ2v) is 12.5. The minimum atomic E-state index is 0.871. The predicted octanol–water partition coefficient (Wildman–Crippen LogP) is 9.63. The van der Waals surface area contributed by atoms with Crippen LogP contribution >= 0.6 is 0 Å². The van der Waals surface area contributed by atoms with Crippen molar-refractivity contribution >= 4 is 55.4 Å². The van der Waals surface area contributed by atoms with E-state index in [2.05, 4.69) is 162 Å². The first kappa shape index (κ1) is 26.2. The molecule has 0 atom stereocenters. The number of aromatic nitrogens is 7. The topological polar surface area (TPSA) is 49.4 Å². The fourth-order valence-electron chi connectivity index (χ4n) is 7.59. The Balaban J connectivity index is 1.13. The highest BCUT2D eigenvalue weighted by Gasteiger charge is 2.19. The number of hydrogen-bond donors (Lipinski definition) is 0. The fourth-order valence-corrected chi connectivity index (χ4v) is 7.59. The van der Waals surface area contributed by atoms with Gasteiger partial charge < -0.3 is 4.57 Å². The third kappa shape index (κ3) is 3.72. The normalized spacial score (nSPS) is 12.1. The van der Waals surface area contributed by atoms with Gasteiger partial charge in [0.1, 0.15) is 0 Å². The second-order valence-electron chi connectivity index (χ2n) is 12.5. The Morgan fingerprint density at radius 2 is 1.14 bits per heavy atom. The molecule has 0 aliphatic carbocycles. The van der Waals surface area contributed by atoms with Crippen molar-refractivity contribution in [2.75, 3.05) is 0 Å². The van der Waals surface area contributed by atoms with E-state index in [1.165, 1.54) is 10.8 Å². The van der Waals surface area contributed by atoms with Gasteiger partial charge in [0.25, 0.3) is 0 Å². The maximum absolute atomic E-state index is 5.13. The van der Waals surface area contributed by atoms with Crippen LogP contribution in [0.5, 0.6) is 0 Å². The van der Waals surface area contributed by atoms with Crippen LogP contribution in [0.3, 0.4) is 0 Å². The molecule has 0 amide bonds. The Bertz CT molecular complexity index is 3060. The molecule has 49 heavy (non-hydrogen) atoms. The van der Waals surface area contributed by atoms with Crippen molar-refractivity contribution in [2.45, 2.75) is 0 Å². The largest absolute Gasteiger partial charge is 0.309 e. The van der Waals surface area contributed by atoms with E-state index in [9.17, 15) is 0 Å². The number of rotatable bonds is 4. The Morgan fingerprint density at radius 1 is 0.429 bits per heavy atom. The average molecular weight is 630 g/mol. The summed E-state index contributed by atoms with van der Waals surface area (Å²) in [5.41, 5.74) is 11.9. The zero-order chi connectivity index (χ0) is 32.1. The summed E-state index contributed by atoms with van der Waals surface area (Å²) in [6, 6.07) is 51.4. The number of hydrogen-bond acceptors (Lipinski definition) is 2. The van der Waals surface area contributed by atoms with E-state index in [0.717, 1.165) is 73.0 Å². The molecule has 0 aliphatic heterocycles. The van der Waals surface area contributed by atoms with Crippen LogP contribution in [-0.4, -0.2) is 32.5 Å². The molecule has 11 rings (SSSR count). The lowest BCUT2D eigenvalue weighted by Gasteiger charge is -2.12. The van der Waals surface area contributed by atoms with Gasteiger partial charge in [0.15, 0.2) is 0 Å². The number of para-hydroxylation sites is 5. The van der Waals surface area contributed by atoms with E-state index < -0.39 is 0 Å². The van der Waals surface area contributed by atoms with Gasteiger partial charge in [0.05, 0.1) is 50.2 Å². The standard InChI is InChI=1S/C42H27N7/c1-2-11-28(12-3-1)35-27-45-23-24-46(41(45)44-35)29-13-10-14-30(25-29)47-36-17-6-4-15-32(36)33-22-21-31(26-40(33)47)48-38-19-8-9-20-39(38)49-37-18-7-5-16-34(37)43-42(48)49/h1-27H. The lowest BCUT2D eigenvalue weighted by Crippen LogP contribution is -1.99. The highest BCUT2D eigenvalue weighted by molar-refractivity contribution is 6.10. The molecule has 7 nitrogen and oxygen atoms in total. The van der Waals surface area contributed by atoms with Gasteiger partial charge in [-0.15, -0.1) is 0 Å². The molecule has 11 aromatic rings. The van der Waals surface area contributed by atoms with Gasteiger partial charge in [-0.25, -0.2) is 9.97 Å². The molecule has 230 valence electrons. The van der Waals surface area contributed by atoms with E-state index in [0.29, 0.717) is 0 Å². The monoisotopic (exact) mass is 629 g/mol. The molecule has 0 saturated heterocycles. The maximum atomic E-state index is 5.13. The molecule has 0 fully saturated rings. The number of nitrogens with zero attached hydrogens (tertiary/aromatic N) is 7. The highest BCUT2D eigenvalue weighted by Crippen LogP contribution is 2.36. The Kier molecular flexibility index (Phi) is 5.26. The van der Waals surface area contributed by atoms with Gasteiger partial charge in [-0.05, 0) is 60.7 Å². The summed E-state index contributed by atoms with van der Waals surface area (Å²) in [4.78, 5) is 10.2. The third-order valence-corrected chi connectivity index (χ3v) is 9.76. The van der Waals surface area contributed by atoms with Crippen molar-refractivity contribution < 1.29 is 0 Å². The van der Waals surface area contributed by atoms with Crippen molar-refractivity contribution in [3.05, 3.63) is 164 Å². The van der Waals surface area contributed by atoms with Gasteiger partial charge in [0, 0.05) is 40.6 Å². The quantitative estimate of drug-likeness (QED) is 0.195. The van der Waals surface area contributed by atoms with E-state index >= 15 is 0 Å². The third-order valence-electron chi connectivity index (χ3n) is 9.76. The molecule has 0 radical (unpaired) electrons. The van der Waals surface area contributed by atoms with Crippen LogP contribution < -0.4 is 0 Å². The molecule has 0 spiro atoms. The van der Waals surface area contributed by atoms with Crippen LogP contribution in [-0.2, 0) is 0 Å². The number of imidazole rings is 4. The van der Waals surface area contributed by atoms with Crippen molar-refractivity contribution in [1.29, 1.82) is 0 Å². The van der Waals surface area contributed by atoms with E-state index in [4.69, 9.17) is 9.97 Å². The van der Waals surface area contributed by atoms with Crippen LogP contribution in [0.1, 0.15) is 0 Å². The van der Waals surface area contributed by atoms with Gasteiger partial charge in [-0.3, -0.25) is 17.9 Å². The molecule has 7 heteroatoms. The van der Waals surface area contributed by atoms with Gasteiger partial charge >= 0.3 is 0 Å². The molecular formula is C42H27N7. The molecule has 0 aliphatic rings. The van der Waals surface area contributed by atoms with E-state index in [-0.39, 0.29) is 0 Å². The van der Waals surface area contributed by atoms with Crippen LogP contribution in [0, 0.1) is 0 Å². The van der Waals surface area contributed by atoms with Crippen molar-refractivity contribution in [2.24, 2.45) is 0 Å². The summed E-state index contributed by atoms with van der Waals surface area (Å²) in [7, 11) is 0.